The predicted molar refractivity (Wildman–Crippen MR) is 97.4 cm³/mol. The van der Waals surface area contributed by atoms with Crippen molar-refractivity contribution in [3.63, 3.8) is 0 Å². The average molecular weight is 364 g/mol. The van der Waals surface area contributed by atoms with E-state index in [0.717, 1.165) is 25.2 Å². The first-order valence-corrected chi connectivity index (χ1v) is 10.2. The average Bonchev–Trinajstić information content (AvgIpc) is 2.67. The SMILES string of the molecule is CN(CC(=O)N1CCC(C(=O)O)CC1)C(=O)C1CCC2CCCCC2C1. The lowest BCUT2D eigenvalue weighted by Crippen LogP contribution is -2.47. The highest BCUT2D eigenvalue weighted by molar-refractivity contribution is 5.86. The number of amides is 2. The number of rotatable bonds is 4. The number of carbonyl (C=O) groups excluding carboxylic acids is 2. The quantitative estimate of drug-likeness (QED) is 0.831. The molecule has 1 N–H and O–H groups in total. The summed E-state index contributed by atoms with van der Waals surface area (Å²) in [5.74, 6) is 0.524. The second-order valence-corrected chi connectivity index (χ2v) is 8.50. The number of fused-ring (bicyclic) bond motifs is 1. The number of hydrogen-bond donors (Lipinski definition) is 1. The Labute approximate surface area is 155 Å². The van der Waals surface area contributed by atoms with Crippen molar-refractivity contribution in [3.8, 4) is 0 Å². The minimum absolute atomic E-state index is 0.0592. The summed E-state index contributed by atoms with van der Waals surface area (Å²) in [6, 6.07) is 0. The van der Waals surface area contributed by atoms with E-state index in [9.17, 15) is 14.4 Å². The van der Waals surface area contributed by atoms with Crippen molar-refractivity contribution >= 4 is 17.8 Å². The molecule has 1 saturated heterocycles. The molecule has 2 amide bonds. The summed E-state index contributed by atoms with van der Waals surface area (Å²) in [5, 5.41) is 9.05. The van der Waals surface area contributed by atoms with Crippen molar-refractivity contribution in [2.24, 2.45) is 23.7 Å². The van der Waals surface area contributed by atoms with Gasteiger partial charge in [0.15, 0.2) is 0 Å². The fraction of sp³-hybridized carbons (Fsp3) is 0.850. The second-order valence-electron chi connectivity index (χ2n) is 8.50. The zero-order valence-electron chi connectivity index (χ0n) is 15.9. The van der Waals surface area contributed by atoms with Gasteiger partial charge in [-0.05, 0) is 43.9 Å². The summed E-state index contributed by atoms with van der Waals surface area (Å²) < 4.78 is 0. The van der Waals surface area contributed by atoms with E-state index < -0.39 is 5.97 Å². The molecular weight excluding hydrogens is 332 g/mol. The van der Waals surface area contributed by atoms with E-state index in [2.05, 4.69) is 0 Å². The summed E-state index contributed by atoms with van der Waals surface area (Å²) in [6.07, 6.45) is 9.34. The van der Waals surface area contributed by atoms with Gasteiger partial charge >= 0.3 is 5.97 Å². The zero-order chi connectivity index (χ0) is 18.7. The number of aliphatic carboxylic acids is 1. The summed E-state index contributed by atoms with van der Waals surface area (Å²) in [6.45, 7) is 1.07. The van der Waals surface area contributed by atoms with Gasteiger partial charge in [0.1, 0.15) is 0 Å². The Kier molecular flexibility index (Phi) is 6.20. The van der Waals surface area contributed by atoms with Crippen LogP contribution in [0.5, 0.6) is 0 Å². The molecular formula is C20H32N2O4. The molecule has 1 heterocycles. The molecule has 3 atom stereocenters. The van der Waals surface area contributed by atoms with E-state index >= 15 is 0 Å². The first-order chi connectivity index (χ1) is 12.5. The van der Waals surface area contributed by atoms with Crippen LogP contribution < -0.4 is 0 Å². The van der Waals surface area contributed by atoms with Crippen LogP contribution in [-0.4, -0.2) is 59.4 Å². The van der Waals surface area contributed by atoms with Crippen LogP contribution in [-0.2, 0) is 14.4 Å². The fourth-order valence-electron chi connectivity index (χ4n) is 5.17. The van der Waals surface area contributed by atoms with Gasteiger partial charge in [0.25, 0.3) is 0 Å². The molecule has 1 aliphatic heterocycles. The number of carbonyl (C=O) groups is 3. The molecule has 6 nitrogen and oxygen atoms in total. The molecule has 0 aromatic heterocycles. The number of hydrogen-bond acceptors (Lipinski definition) is 3. The van der Waals surface area contributed by atoms with Crippen LogP contribution in [0.2, 0.25) is 0 Å². The Balaban J connectivity index is 1.46. The third-order valence-corrected chi connectivity index (χ3v) is 6.83. The van der Waals surface area contributed by atoms with Crippen molar-refractivity contribution in [1.29, 1.82) is 0 Å². The summed E-state index contributed by atoms with van der Waals surface area (Å²) in [5.41, 5.74) is 0. The number of likely N-dealkylation sites (tertiary alicyclic amines) is 1. The van der Waals surface area contributed by atoms with Crippen LogP contribution in [0.1, 0.15) is 57.8 Å². The van der Waals surface area contributed by atoms with Gasteiger partial charge in [-0.15, -0.1) is 0 Å². The molecule has 0 aromatic rings. The molecule has 0 spiro atoms. The van der Waals surface area contributed by atoms with E-state index in [1.165, 1.54) is 25.7 Å². The largest absolute Gasteiger partial charge is 0.481 e. The van der Waals surface area contributed by atoms with Crippen molar-refractivity contribution < 1.29 is 19.5 Å². The number of likely N-dealkylation sites (N-methyl/N-ethyl adjacent to an activating group) is 1. The minimum Gasteiger partial charge on any atom is -0.481 e. The van der Waals surface area contributed by atoms with Gasteiger partial charge in [-0.2, -0.15) is 0 Å². The summed E-state index contributed by atoms with van der Waals surface area (Å²) in [7, 11) is 1.73. The van der Waals surface area contributed by atoms with Gasteiger partial charge in [-0.25, -0.2) is 0 Å². The Morgan fingerprint density at radius 1 is 0.923 bits per heavy atom. The third kappa shape index (κ3) is 4.38. The highest BCUT2D eigenvalue weighted by atomic mass is 16.4. The third-order valence-electron chi connectivity index (χ3n) is 6.83. The van der Waals surface area contributed by atoms with Gasteiger partial charge in [0.2, 0.25) is 11.8 Å². The van der Waals surface area contributed by atoms with E-state index in [1.54, 1.807) is 16.8 Å². The van der Waals surface area contributed by atoms with Gasteiger partial charge in [-0.1, -0.05) is 25.7 Å². The van der Waals surface area contributed by atoms with Crippen LogP contribution in [0.3, 0.4) is 0 Å². The maximum Gasteiger partial charge on any atom is 0.306 e. The molecule has 3 fully saturated rings. The molecule has 3 rings (SSSR count). The highest BCUT2D eigenvalue weighted by Crippen LogP contribution is 2.43. The lowest BCUT2D eigenvalue weighted by molar-refractivity contribution is -0.147. The van der Waals surface area contributed by atoms with Crippen LogP contribution in [0.4, 0.5) is 0 Å². The molecule has 146 valence electrons. The number of piperidine rings is 1. The maximum absolute atomic E-state index is 12.8. The van der Waals surface area contributed by atoms with Crippen molar-refractivity contribution in [2.75, 3.05) is 26.7 Å². The highest BCUT2D eigenvalue weighted by Gasteiger charge is 2.36. The van der Waals surface area contributed by atoms with Crippen LogP contribution in [0, 0.1) is 23.7 Å². The van der Waals surface area contributed by atoms with Crippen LogP contribution in [0.25, 0.3) is 0 Å². The Morgan fingerprint density at radius 2 is 1.58 bits per heavy atom. The Morgan fingerprint density at radius 3 is 2.23 bits per heavy atom. The maximum atomic E-state index is 12.8. The molecule has 2 aliphatic carbocycles. The molecule has 0 radical (unpaired) electrons. The number of carboxylic acids is 1. The molecule has 3 unspecified atom stereocenters. The van der Waals surface area contributed by atoms with E-state index in [1.807, 2.05) is 0 Å². The summed E-state index contributed by atoms with van der Waals surface area (Å²) >= 11 is 0. The lowest BCUT2D eigenvalue weighted by Gasteiger charge is -2.40. The first kappa shape index (κ1) is 19.2. The second kappa shape index (κ2) is 8.40. The first-order valence-electron chi connectivity index (χ1n) is 10.2. The smallest absolute Gasteiger partial charge is 0.306 e. The van der Waals surface area contributed by atoms with Crippen LogP contribution in [0.15, 0.2) is 0 Å². The molecule has 2 saturated carbocycles. The van der Waals surface area contributed by atoms with Gasteiger partial charge < -0.3 is 14.9 Å². The van der Waals surface area contributed by atoms with Gasteiger partial charge in [0, 0.05) is 26.1 Å². The zero-order valence-corrected chi connectivity index (χ0v) is 15.9. The lowest BCUT2D eigenvalue weighted by atomic mass is 9.67. The van der Waals surface area contributed by atoms with E-state index in [-0.39, 0.29) is 30.2 Å². The summed E-state index contributed by atoms with van der Waals surface area (Å²) in [4.78, 5) is 39.6. The molecule has 26 heavy (non-hydrogen) atoms. The normalized spacial score (nSPS) is 29.7. The fourth-order valence-corrected chi connectivity index (χ4v) is 5.17. The van der Waals surface area contributed by atoms with Gasteiger partial charge in [-0.3, -0.25) is 14.4 Å². The Hall–Kier alpha value is -1.59. The predicted octanol–water partition coefficient (Wildman–Crippen LogP) is 2.37. The minimum atomic E-state index is -0.775. The standard InChI is InChI=1S/C20H32N2O4/c1-21(13-18(23)22-10-8-15(9-11-22)20(25)26)19(24)17-7-6-14-4-2-3-5-16(14)12-17/h14-17H,2-13H2,1H3,(H,25,26). The number of nitrogens with zero attached hydrogens (tertiary/aromatic N) is 2. The number of carboxylic acid groups (broad SMARTS) is 1. The van der Waals surface area contributed by atoms with Gasteiger partial charge in [0.05, 0.1) is 12.5 Å². The van der Waals surface area contributed by atoms with Crippen molar-refractivity contribution in [1.82, 2.24) is 9.80 Å². The molecule has 0 bridgehead atoms. The van der Waals surface area contributed by atoms with E-state index in [0.29, 0.717) is 31.8 Å². The van der Waals surface area contributed by atoms with Crippen molar-refractivity contribution in [2.45, 2.75) is 57.8 Å². The van der Waals surface area contributed by atoms with Crippen molar-refractivity contribution in [3.05, 3.63) is 0 Å². The molecule has 0 aromatic carbocycles. The van der Waals surface area contributed by atoms with E-state index in [4.69, 9.17) is 5.11 Å². The molecule has 6 heteroatoms. The monoisotopic (exact) mass is 364 g/mol. The topological polar surface area (TPSA) is 77.9 Å². The molecule has 3 aliphatic rings. The Bertz CT molecular complexity index is 542. The van der Waals surface area contributed by atoms with Crippen LogP contribution >= 0.6 is 0 Å².